The Hall–Kier alpha value is -3.36. The monoisotopic (exact) mass is 493 g/mol. The highest BCUT2D eigenvalue weighted by molar-refractivity contribution is 7.22. The summed E-state index contributed by atoms with van der Waals surface area (Å²) in [5, 5.41) is 2.80. The van der Waals surface area contributed by atoms with Crippen molar-refractivity contribution in [2.24, 2.45) is 0 Å². The summed E-state index contributed by atoms with van der Waals surface area (Å²) in [5.41, 5.74) is 0.683. The van der Waals surface area contributed by atoms with Crippen LogP contribution in [0.2, 0.25) is 0 Å². The zero-order valence-electron chi connectivity index (χ0n) is 20.6. The molecule has 4 rings (SSSR count). The Kier molecular flexibility index (Phi) is 8.05. The summed E-state index contributed by atoms with van der Waals surface area (Å²) in [5.74, 6) is 1.86. The molecule has 0 N–H and O–H groups in total. The normalized spacial score (nSPS) is 11.2. The molecule has 0 spiro atoms. The van der Waals surface area contributed by atoms with Crippen molar-refractivity contribution < 1.29 is 19.0 Å². The standard InChI is InChI=1S/C27H31N3O4S/c1-5-29(6-2)15-16-30(27-28-25-22(32-3)13-14-23(33-4)26(25)35-27)24(31)18-34-21-12-11-19-9-7-8-10-20(19)17-21/h7-14,17H,5-6,15-16,18H2,1-4H3. The summed E-state index contributed by atoms with van der Waals surface area (Å²) < 4.78 is 17.8. The number of thiazole rings is 1. The van der Waals surface area contributed by atoms with E-state index in [9.17, 15) is 4.79 Å². The minimum Gasteiger partial charge on any atom is -0.495 e. The van der Waals surface area contributed by atoms with Crippen LogP contribution in [0, 0.1) is 0 Å². The van der Waals surface area contributed by atoms with Gasteiger partial charge in [-0.15, -0.1) is 0 Å². The molecule has 0 atom stereocenters. The van der Waals surface area contributed by atoms with Crippen LogP contribution in [0.4, 0.5) is 5.13 Å². The van der Waals surface area contributed by atoms with Gasteiger partial charge in [-0.25, -0.2) is 4.98 Å². The fraction of sp³-hybridized carbons (Fsp3) is 0.333. The number of carbonyl (C=O) groups is 1. The van der Waals surface area contributed by atoms with Crippen molar-refractivity contribution in [3.05, 3.63) is 54.6 Å². The molecule has 1 heterocycles. The quantitative estimate of drug-likeness (QED) is 0.285. The van der Waals surface area contributed by atoms with Gasteiger partial charge in [0.1, 0.15) is 27.5 Å². The van der Waals surface area contributed by atoms with Gasteiger partial charge in [-0.1, -0.05) is 55.5 Å². The lowest BCUT2D eigenvalue weighted by Crippen LogP contribution is -2.41. The fourth-order valence-electron chi connectivity index (χ4n) is 3.98. The SMILES string of the molecule is CCN(CC)CCN(C(=O)COc1ccc2ccccc2c1)c1nc2c(OC)ccc(OC)c2s1. The molecule has 0 radical (unpaired) electrons. The number of carbonyl (C=O) groups excluding carboxylic acids is 1. The van der Waals surface area contributed by atoms with Crippen molar-refractivity contribution in [1.82, 2.24) is 9.88 Å². The maximum atomic E-state index is 13.4. The Morgan fingerprint density at radius 2 is 1.63 bits per heavy atom. The maximum Gasteiger partial charge on any atom is 0.266 e. The molecule has 7 nitrogen and oxygen atoms in total. The molecule has 8 heteroatoms. The zero-order chi connectivity index (χ0) is 24.8. The molecule has 3 aromatic carbocycles. The van der Waals surface area contributed by atoms with E-state index in [4.69, 9.17) is 19.2 Å². The lowest BCUT2D eigenvalue weighted by atomic mass is 10.1. The van der Waals surface area contributed by atoms with Gasteiger partial charge in [0.25, 0.3) is 5.91 Å². The second-order valence-corrected chi connectivity index (χ2v) is 8.99. The molecule has 1 aromatic heterocycles. The van der Waals surface area contributed by atoms with Gasteiger partial charge < -0.3 is 19.1 Å². The van der Waals surface area contributed by atoms with Crippen LogP contribution in [0.1, 0.15) is 13.8 Å². The van der Waals surface area contributed by atoms with Gasteiger partial charge in [0.2, 0.25) is 0 Å². The molecule has 35 heavy (non-hydrogen) atoms. The van der Waals surface area contributed by atoms with Crippen LogP contribution in [-0.4, -0.2) is 62.8 Å². The average molecular weight is 494 g/mol. The lowest BCUT2D eigenvalue weighted by Gasteiger charge is -2.24. The smallest absolute Gasteiger partial charge is 0.266 e. The van der Waals surface area contributed by atoms with E-state index in [0.717, 1.165) is 35.1 Å². The Bertz CT molecular complexity index is 1260. The topological polar surface area (TPSA) is 64.1 Å². The second-order valence-electron chi connectivity index (χ2n) is 8.01. The van der Waals surface area contributed by atoms with Crippen LogP contribution in [0.15, 0.2) is 54.6 Å². The first-order valence-electron chi connectivity index (χ1n) is 11.7. The van der Waals surface area contributed by atoms with Gasteiger partial charge in [-0.05, 0) is 48.1 Å². The third-order valence-electron chi connectivity index (χ3n) is 6.05. The highest BCUT2D eigenvalue weighted by Gasteiger charge is 2.23. The zero-order valence-corrected chi connectivity index (χ0v) is 21.4. The average Bonchev–Trinajstić information content (AvgIpc) is 3.34. The van der Waals surface area contributed by atoms with Crippen LogP contribution in [0.3, 0.4) is 0 Å². The number of amides is 1. The third-order valence-corrected chi connectivity index (χ3v) is 7.14. The third kappa shape index (κ3) is 5.49. The summed E-state index contributed by atoms with van der Waals surface area (Å²) in [7, 11) is 3.24. The largest absolute Gasteiger partial charge is 0.495 e. The van der Waals surface area contributed by atoms with Crippen LogP contribution in [0.25, 0.3) is 21.0 Å². The maximum absolute atomic E-state index is 13.4. The van der Waals surface area contributed by atoms with Gasteiger partial charge in [0.05, 0.1) is 14.2 Å². The molecule has 0 aliphatic rings. The van der Waals surface area contributed by atoms with Crippen molar-refractivity contribution in [3.8, 4) is 17.2 Å². The molecule has 184 valence electrons. The number of hydrogen-bond donors (Lipinski definition) is 0. The molecular formula is C27H31N3O4S. The molecule has 0 aliphatic carbocycles. The number of fused-ring (bicyclic) bond motifs is 2. The minimum atomic E-state index is -0.151. The van der Waals surface area contributed by atoms with Crippen LogP contribution >= 0.6 is 11.3 Å². The summed E-state index contributed by atoms with van der Waals surface area (Å²) in [6, 6.07) is 17.6. The number of hydrogen-bond acceptors (Lipinski definition) is 7. The van der Waals surface area contributed by atoms with E-state index >= 15 is 0 Å². The number of nitrogens with zero attached hydrogens (tertiary/aromatic N) is 3. The summed E-state index contributed by atoms with van der Waals surface area (Å²) in [6.07, 6.45) is 0. The molecule has 4 aromatic rings. The van der Waals surface area contributed by atoms with Crippen molar-refractivity contribution >= 4 is 43.4 Å². The van der Waals surface area contributed by atoms with Crippen molar-refractivity contribution in [2.75, 3.05) is 51.9 Å². The van der Waals surface area contributed by atoms with Gasteiger partial charge >= 0.3 is 0 Å². The van der Waals surface area contributed by atoms with E-state index in [-0.39, 0.29) is 12.5 Å². The van der Waals surface area contributed by atoms with E-state index in [0.29, 0.717) is 34.4 Å². The summed E-state index contributed by atoms with van der Waals surface area (Å²) >= 11 is 1.42. The first-order chi connectivity index (χ1) is 17.1. The first kappa shape index (κ1) is 24.8. The molecular weight excluding hydrogens is 462 g/mol. The van der Waals surface area contributed by atoms with Crippen LogP contribution < -0.4 is 19.1 Å². The Morgan fingerprint density at radius 1 is 0.914 bits per heavy atom. The van der Waals surface area contributed by atoms with Gasteiger partial charge in [-0.3, -0.25) is 9.69 Å². The van der Waals surface area contributed by atoms with E-state index in [1.807, 2.05) is 48.5 Å². The molecule has 0 unspecified atom stereocenters. The number of anilines is 1. The predicted molar refractivity (Wildman–Crippen MR) is 142 cm³/mol. The van der Waals surface area contributed by atoms with E-state index in [2.05, 4.69) is 24.8 Å². The number of ether oxygens (including phenoxy) is 3. The van der Waals surface area contributed by atoms with Crippen molar-refractivity contribution in [3.63, 3.8) is 0 Å². The Morgan fingerprint density at radius 3 is 2.34 bits per heavy atom. The summed E-state index contributed by atoms with van der Waals surface area (Å²) in [6.45, 7) is 7.21. The Labute approximate surface area is 209 Å². The number of likely N-dealkylation sites (N-methyl/N-ethyl adjacent to an activating group) is 1. The van der Waals surface area contributed by atoms with Gasteiger partial charge in [-0.2, -0.15) is 0 Å². The number of benzene rings is 3. The molecule has 0 bridgehead atoms. The van der Waals surface area contributed by atoms with E-state index < -0.39 is 0 Å². The Balaban J connectivity index is 1.60. The fourth-order valence-corrected chi connectivity index (χ4v) is 5.10. The number of methoxy groups -OCH3 is 2. The van der Waals surface area contributed by atoms with Gasteiger partial charge in [0.15, 0.2) is 11.7 Å². The van der Waals surface area contributed by atoms with Crippen LogP contribution in [0.5, 0.6) is 17.2 Å². The van der Waals surface area contributed by atoms with E-state index in [1.54, 1.807) is 19.1 Å². The molecule has 0 saturated heterocycles. The van der Waals surface area contributed by atoms with E-state index in [1.165, 1.54) is 11.3 Å². The first-order valence-corrected chi connectivity index (χ1v) is 12.5. The van der Waals surface area contributed by atoms with Crippen molar-refractivity contribution in [1.29, 1.82) is 0 Å². The second kappa shape index (κ2) is 11.4. The summed E-state index contributed by atoms with van der Waals surface area (Å²) in [4.78, 5) is 22.2. The van der Waals surface area contributed by atoms with Crippen molar-refractivity contribution in [2.45, 2.75) is 13.8 Å². The number of aromatic nitrogens is 1. The lowest BCUT2D eigenvalue weighted by molar-refractivity contribution is -0.120. The minimum absolute atomic E-state index is 0.0826. The molecule has 0 fully saturated rings. The van der Waals surface area contributed by atoms with Gasteiger partial charge in [0, 0.05) is 13.1 Å². The molecule has 0 saturated carbocycles. The number of rotatable bonds is 11. The molecule has 1 amide bonds. The van der Waals surface area contributed by atoms with Crippen LogP contribution in [-0.2, 0) is 4.79 Å². The molecule has 0 aliphatic heterocycles. The predicted octanol–water partition coefficient (Wildman–Crippen LogP) is 5.22. The highest BCUT2D eigenvalue weighted by atomic mass is 32.1. The highest BCUT2D eigenvalue weighted by Crippen LogP contribution is 2.40.